The van der Waals surface area contributed by atoms with Crippen molar-refractivity contribution in [3.63, 3.8) is 0 Å². The Hall–Kier alpha value is -2.07. The van der Waals surface area contributed by atoms with Crippen molar-refractivity contribution in [2.75, 3.05) is 0 Å². The molecule has 3 rings (SSSR count). The molecule has 28 heavy (non-hydrogen) atoms. The van der Waals surface area contributed by atoms with Crippen molar-refractivity contribution >= 4 is 40.5 Å². The van der Waals surface area contributed by atoms with Gasteiger partial charge in [0.1, 0.15) is 0 Å². The lowest BCUT2D eigenvalue weighted by Crippen LogP contribution is -2.40. The molecular weight excluding hydrogens is 407 g/mol. The molecule has 5 heteroatoms. The molecule has 3 aromatic rings. The van der Waals surface area contributed by atoms with Crippen molar-refractivity contribution in [1.29, 1.82) is 0 Å². The monoisotopic (exact) mass is 428 g/mol. The fourth-order valence-corrected chi connectivity index (χ4v) is 3.59. The number of rotatable bonds is 6. The van der Waals surface area contributed by atoms with Crippen LogP contribution >= 0.6 is 35.4 Å². The number of halogens is 2. The summed E-state index contributed by atoms with van der Waals surface area (Å²) < 4.78 is 0. The van der Waals surface area contributed by atoms with Crippen molar-refractivity contribution in [2.45, 2.75) is 26.1 Å². The molecule has 0 saturated heterocycles. The topological polar surface area (TPSA) is 15.3 Å². The first kappa shape index (κ1) is 20.7. The standard InChI is InChI=1S/C23H22Cl2N2S/c1-17(20-10-6-3-7-11-20)26-23(28)27(15-18-8-4-2-5-9-18)16-19-12-13-21(24)22(25)14-19/h2-14,17H,15-16H2,1H3,(H,26,28)/t17-/m1/s1. The number of benzene rings is 3. The Morgan fingerprint density at radius 1 is 0.857 bits per heavy atom. The fourth-order valence-electron chi connectivity index (χ4n) is 2.96. The fraction of sp³-hybridized carbons (Fsp3) is 0.174. The van der Waals surface area contributed by atoms with E-state index in [1.54, 1.807) is 0 Å². The van der Waals surface area contributed by atoms with Gasteiger partial charge in [-0.25, -0.2) is 0 Å². The van der Waals surface area contributed by atoms with Gasteiger partial charge in [-0.15, -0.1) is 0 Å². The molecular formula is C23H22Cl2N2S. The van der Waals surface area contributed by atoms with Crippen LogP contribution in [0.5, 0.6) is 0 Å². The van der Waals surface area contributed by atoms with Gasteiger partial charge in [0.05, 0.1) is 16.1 Å². The molecule has 0 aliphatic carbocycles. The molecule has 0 heterocycles. The van der Waals surface area contributed by atoms with Gasteiger partial charge < -0.3 is 10.2 Å². The summed E-state index contributed by atoms with van der Waals surface area (Å²) in [5.74, 6) is 0. The maximum atomic E-state index is 6.20. The maximum Gasteiger partial charge on any atom is 0.170 e. The van der Waals surface area contributed by atoms with Gasteiger partial charge in [-0.1, -0.05) is 89.9 Å². The van der Waals surface area contributed by atoms with E-state index in [0.29, 0.717) is 28.2 Å². The average Bonchev–Trinajstić information content (AvgIpc) is 2.71. The van der Waals surface area contributed by atoms with Gasteiger partial charge in [0, 0.05) is 13.1 Å². The summed E-state index contributed by atoms with van der Waals surface area (Å²) in [4.78, 5) is 2.14. The highest BCUT2D eigenvalue weighted by atomic mass is 35.5. The molecule has 1 N–H and O–H groups in total. The molecule has 0 bridgehead atoms. The Morgan fingerprint density at radius 3 is 2.11 bits per heavy atom. The number of nitrogens with one attached hydrogen (secondary N) is 1. The molecule has 0 unspecified atom stereocenters. The van der Waals surface area contributed by atoms with Crippen LogP contribution < -0.4 is 5.32 Å². The molecule has 0 saturated carbocycles. The third-order valence-corrected chi connectivity index (χ3v) is 5.62. The van der Waals surface area contributed by atoms with Crippen LogP contribution in [0.4, 0.5) is 0 Å². The average molecular weight is 429 g/mol. The predicted molar refractivity (Wildman–Crippen MR) is 123 cm³/mol. The number of thiocarbonyl (C=S) groups is 1. The SMILES string of the molecule is C[C@@H](NC(=S)N(Cc1ccccc1)Cc1ccc(Cl)c(Cl)c1)c1ccccc1. The second-order valence-corrected chi connectivity index (χ2v) is 7.87. The van der Waals surface area contributed by atoms with Crippen molar-refractivity contribution < 1.29 is 0 Å². The Bertz CT molecular complexity index is 916. The lowest BCUT2D eigenvalue weighted by molar-refractivity contribution is 0.393. The minimum atomic E-state index is 0.112. The third kappa shape index (κ3) is 5.71. The highest BCUT2D eigenvalue weighted by molar-refractivity contribution is 7.80. The van der Waals surface area contributed by atoms with E-state index < -0.39 is 0 Å². The largest absolute Gasteiger partial charge is 0.356 e. The van der Waals surface area contributed by atoms with Crippen molar-refractivity contribution in [1.82, 2.24) is 10.2 Å². The summed E-state index contributed by atoms with van der Waals surface area (Å²) in [5.41, 5.74) is 3.44. The number of hydrogen-bond acceptors (Lipinski definition) is 1. The summed E-state index contributed by atoms with van der Waals surface area (Å²) in [5, 5.41) is 5.27. The highest BCUT2D eigenvalue weighted by Gasteiger charge is 2.15. The van der Waals surface area contributed by atoms with Crippen LogP contribution in [0.3, 0.4) is 0 Å². The molecule has 3 aromatic carbocycles. The summed E-state index contributed by atoms with van der Waals surface area (Å²) in [7, 11) is 0. The van der Waals surface area contributed by atoms with Gasteiger partial charge in [0.2, 0.25) is 0 Å². The van der Waals surface area contributed by atoms with Crippen molar-refractivity contribution in [3.8, 4) is 0 Å². The predicted octanol–water partition coefficient (Wildman–Crippen LogP) is 6.63. The molecule has 2 nitrogen and oxygen atoms in total. The number of hydrogen-bond donors (Lipinski definition) is 1. The smallest absolute Gasteiger partial charge is 0.170 e. The molecule has 0 radical (unpaired) electrons. The van der Waals surface area contributed by atoms with Crippen LogP contribution in [0, 0.1) is 0 Å². The minimum Gasteiger partial charge on any atom is -0.356 e. The van der Waals surface area contributed by atoms with Gasteiger partial charge in [0.25, 0.3) is 0 Å². The quantitative estimate of drug-likeness (QED) is 0.443. The zero-order valence-corrected chi connectivity index (χ0v) is 17.9. The van der Waals surface area contributed by atoms with Gasteiger partial charge in [-0.3, -0.25) is 0 Å². The molecule has 0 amide bonds. The Balaban J connectivity index is 1.78. The van der Waals surface area contributed by atoms with E-state index >= 15 is 0 Å². The second kappa shape index (κ2) is 9.92. The Labute approximate surface area is 182 Å². The minimum absolute atomic E-state index is 0.112. The molecule has 0 spiro atoms. The molecule has 0 aromatic heterocycles. The summed E-state index contributed by atoms with van der Waals surface area (Å²) in [6.45, 7) is 3.45. The molecule has 144 valence electrons. The molecule has 0 aliphatic rings. The van der Waals surface area contributed by atoms with E-state index in [1.807, 2.05) is 54.6 Å². The van der Waals surface area contributed by atoms with Gasteiger partial charge >= 0.3 is 0 Å². The van der Waals surface area contributed by atoms with Crippen LogP contribution in [0.2, 0.25) is 10.0 Å². The zero-order valence-electron chi connectivity index (χ0n) is 15.6. The van der Waals surface area contributed by atoms with Crippen LogP contribution in [-0.4, -0.2) is 10.0 Å². The normalized spacial score (nSPS) is 11.7. The third-order valence-electron chi connectivity index (χ3n) is 4.50. The van der Waals surface area contributed by atoms with E-state index in [1.165, 1.54) is 11.1 Å². The van der Waals surface area contributed by atoms with E-state index in [2.05, 4.69) is 41.4 Å². The van der Waals surface area contributed by atoms with Gasteiger partial charge in [-0.05, 0) is 48.0 Å². The van der Waals surface area contributed by atoms with Gasteiger partial charge in [-0.2, -0.15) is 0 Å². The maximum absolute atomic E-state index is 6.20. The Kier molecular flexibility index (Phi) is 7.32. The highest BCUT2D eigenvalue weighted by Crippen LogP contribution is 2.24. The van der Waals surface area contributed by atoms with E-state index in [4.69, 9.17) is 35.4 Å². The summed E-state index contributed by atoms with van der Waals surface area (Å²) in [6.07, 6.45) is 0. The van der Waals surface area contributed by atoms with E-state index in [9.17, 15) is 0 Å². The number of nitrogens with zero attached hydrogens (tertiary/aromatic N) is 1. The summed E-state index contributed by atoms with van der Waals surface area (Å²) >= 11 is 18.0. The van der Waals surface area contributed by atoms with Crippen molar-refractivity contribution in [2.24, 2.45) is 0 Å². The lowest BCUT2D eigenvalue weighted by atomic mass is 10.1. The summed E-state index contributed by atoms with van der Waals surface area (Å²) in [6, 6.07) is 26.4. The van der Waals surface area contributed by atoms with Crippen LogP contribution in [0.15, 0.2) is 78.9 Å². The van der Waals surface area contributed by atoms with Crippen LogP contribution in [0.1, 0.15) is 29.7 Å². The van der Waals surface area contributed by atoms with E-state index in [0.717, 1.165) is 5.56 Å². The van der Waals surface area contributed by atoms with Gasteiger partial charge in [0.15, 0.2) is 5.11 Å². The molecule has 1 atom stereocenters. The Morgan fingerprint density at radius 2 is 1.46 bits per heavy atom. The first-order chi connectivity index (χ1) is 13.5. The zero-order chi connectivity index (χ0) is 19.9. The first-order valence-electron chi connectivity index (χ1n) is 9.11. The van der Waals surface area contributed by atoms with Crippen LogP contribution in [0.25, 0.3) is 0 Å². The van der Waals surface area contributed by atoms with Crippen molar-refractivity contribution in [3.05, 3.63) is 106 Å². The van der Waals surface area contributed by atoms with Crippen LogP contribution in [-0.2, 0) is 13.1 Å². The van der Waals surface area contributed by atoms with E-state index in [-0.39, 0.29) is 6.04 Å². The molecule has 0 fully saturated rings. The first-order valence-corrected chi connectivity index (χ1v) is 10.3. The molecule has 0 aliphatic heterocycles. The lowest BCUT2D eigenvalue weighted by Gasteiger charge is -2.28. The second-order valence-electron chi connectivity index (χ2n) is 6.67.